The van der Waals surface area contributed by atoms with Gasteiger partial charge in [-0.1, -0.05) is 41.4 Å². The average molecular weight is 516 g/mol. The van der Waals surface area contributed by atoms with Crippen molar-refractivity contribution >= 4 is 50.7 Å². The van der Waals surface area contributed by atoms with Gasteiger partial charge >= 0.3 is 0 Å². The van der Waals surface area contributed by atoms with Crippen molar-refractivity contribution in [1.29, 1.82) is 0 Å². The van der Waals surface area contributed by atoms with Gasteiger partial charge in [-0.3, -0.25) is 13.9 Å². The molecular weight excluding hydrogens is 489 g/mol. The predicted molar refractivity (Wildman–Crippen MR) is 130 cm³/mol. The first kappa shape index (κ1) is 26.8. The monoisotopic (exact) mass is 515 g/mol. The number of nitrogens with one attached hydrogen (secondary N) is 1. The van der Waals surface area contributed by atoms with Crippen LogP contribution in [0.5, 0.6) is 5.75 Å². The fourth-order valence-corrected chi connectivity index (χ4v) is 4.56. The topological polar surface area (TPSA) is 96.0 Å². The number of hydrogen-bond acceptors (Lipinski definition) is 5. The molecule has 0 aliphatic heterocycles. The van der Waals surface area contributed by atoms with Crippen LogP contribution in [0, 0.1) is 0 Å². The molecule has 11 heteroatoms. The van der Waals surface area contributed by atoms with Crippen LogP contribution in [0.1, 0.15) is 19.4 Å². The van der Waals surface area contributed by atoms with E-state index in [0.717, 1.165) is 10.6 Å². The van der Waals surface area contributed by atoms with Crippen molar-refractivity contribution in [1.82, 2.24) is 10.2 Å². The number of halogens is 2. The molecule has 0 bridgehead atoms. The Labute approximate surface area is 204 Å². The van der Waals surface area contributed by atoms with Gasteiger partial charge < -0.3 is 15.0 Å². The summed E-state index contributed by atoms with van der Waals surface area (Å²) in [6, 6.07) is 10.5. The summed E-state index contributed by atoms with van der Waals surface area (Å²) in [5, 5.41) is 3.33. The first-order valence-electron chi connectivity index (χ1n) is 10.1. The molecule has 2 aromatic rings. The van der Waals surface area contributed by atoms with Gasteiger partial charge in [0.05, 0.1) is 19.1 Å². The van der Waals surface area contributed by atoms with Crippen molar-refractivity contribution < 1.29 is 22.7 Å². The summed E-state index contributed by atoms with van der Waals surface area (Å²) in [7, 11) is -2.46. The summed E-state index contributed by atoms with van der Waals surface area (Å²) < 4.78 is 31.4. The molecule has 2 amide bonds. The first-order chi connectivity index (χ1) is 15.5. The zero-order valence-corrected chi connectivity index (χ0v) is 21.2. The van der Waals surface area contributed by atoms with Crippen LogP contribution in [-0.2, 0) is 26.2 Å². The Morgan fingerprint density at radius 1 is 1.09 bits per heavy atom. The molecule has 180 valence electrons. The third-order valence-corrected chi connectivity index (χ3v) is 6.78. The standard InChI is InChI=1S/C22H27Cl2N3O5S/c1-5-25-22(29)15(2)26(13-16-17(23)9-8-10-18(16)24)21(28)14-27(33(4,30)31)19-11-6-7-12-20(19)32-3/h6-12,15H,5,13-14H2,1-4H3,(H,25,29)/t15-/m1/s1. The number of methoxy groups -OCH3 is 1. The molecule has 0 heterocycles. The lowest BCUT2D eigenvalue weighted by Crippen LogP contribution is -2.51. The highest BCUT2D eigenvalue weighted by atomic mass is 35.5. The maximum atomic E-state index is 13.5. The zero-order valence-electron chi connectivity index (χ0n) is 18.8. The molecular formula is C22H27Cl2N3O5S. The van der Waals surface area contributed by atoms with Gasteiger partial charge in [-0.15, -0.1) is 0 Å². The van der Waals surface area contributed by atoms with E-state index in [2.05, 4.69) is 5.32 Å². The Morgan fingerprint density at radius 3 is 2.24 bits per heavy atom. The normalized spacial score (nSPS) is 12.1. The molecule has 1 N–H and O–H groups in total. The van der Waals surface area contributed by atoms with E-state index >= 15 is 0 Å². The second kappa shape index (κ2) is 11.6. The van der Waals surface area contributed by atoms with E-state index in [0.29, 0.717) is 22.2 Å². The van der Waals surface area contributed by atoms with Crippen molar-refractivity contribution in [2.24, 2.45) is 0 Å². The fraction of sp³-hybridized carbons (Fsp3) is 0.364. The van der Waals surface area contributed by atoms with Gasteiger partial charge in [0.25, 0.3) is 0 Å². The molecule has 0 aliphatic carbocycles. The number of benzene rings is 2. The Balaban J connectivity index is 2.48. The van der Waals surface area contributed by atoms with Crippen molar-refractivity contribution in [3.05, 3.63) is 58.1 Å². The van der Waals surface area contributed by atoms with Gasteiger partial charge in [0, 0.05) is 28.7 Å². The number of ether oxygens (including phenoxy) is 1. The van der Waals surface area contributed by atoms with Crippen molar-refractivity contribution in [3.8, 4) is 5.75 Å². The van der Waals surface area contributed by atoms with E-state index in [1.54, 1.807) is 50.2 Å². The molecule has 0 saturated heterocycles. The van der Waals surface area contributed by atoms with E-state index in [1.807, 2.05) is 0 Å². The molecule has 0 saturated carbocycles. The predicted octanol–water partition coefficient (Wildman–Crippen LogP) is 3.32. The van der Waals surface area contributed by atoms with Crippen LogP contribution in [0.3, 0.4) is 0 Å². The summed E-state index contributed by atoms with van der Waals surface area (Å²) in [5.41, 5.74) is 0.658. The molecule has 8 nitrogen and oxygen atoms in total. The summed E-state index contributed by atoms with van der Waals surface area (Å²) >= 11 is 12.6. The molecule has 1 atom stereocenters. The minimum Gasteiger partial charge on any atom is -0.495 e. The summed E-state index contributed by atoms with van der Waals surface area (Å²) in [4.78, 5) is 27.3. The van der Waals surface area contributed by atoms with Crippen LogP contribution in [0.25, 0.3) is 0 Å². The molecule has 0 radical (unpaired) electrons. The number of amides is 2. The van der Waals surface area contributed by atoms with Gasteiger partial charge in [-0.25, -0.2) is 8.42 Å². The summed E-state index contributed by atoms with van der Waals surface area (Å²) in [6.07, 6.45) is 0.995. The lowest BCUT2D eigenvalue weighted by molar-refractivity contribution is -0.139. The van der Waals surface area contributed by atoms with Gasteiger partial charge in [-0.2, -0.15) is 0 Å². The second-order valence-electron chi connectivity index (χ2n) is 7.23. The molecule has 0 fully saturated rings. The van der Waals surface area contributed by atoms with Crippen LogP contribution in [0.4, 0.5) is 5.69 Å². The third kappa shape index (κ3) is 6.75. The Morgan fingerprint density at radius 2 is 1.70 bits per heavy atom. The number of sulfonamides is 1. The van der Waals surface area contributed by atoms with E-state index in [9.17, 15) is 18.0 Å². The second-order valence-corrected chi connectivity index (χ2v) is 9.96. The number of nitrogens with zero attached hydrogens (tertiary/aromatic N) is 2. The Bertz CT molecular complexity index is 1090. The van der Waals surface area contributed by atoms with Crippen LogP contribution in [0.15, 0.2) is 42.5 Å². The number of likely N-dealkylation sites (N-methyl/N-ethyl adjacent to an activating group) is 1. The van der Waals surface area contributed by atoms with Crippen LogP contribution in [-0.4, -0.2) is 57.6 Å². The van der Waals surface area contributed by atoms with Gasteiger partial charge in [-0.05, 0) is 38.1 Å². The molecule has 2 rings (SSSR count). The number of anilines is 1. The zero-order chi connectivity index (χ0) is 24.8. The van der Waals surface area contributed by atoms with E-state index in [-0.39, 0.29) is 18.0 Å². The van der Waals surface area contributed by atoms with Crippen LogP contribution < -0.4 is 14.4 Å². The number of para-hydroxylation sites is 2. The van der Waals surface area contributed by atoms with Gasteiger partial charge in [0.1, 0.15) is 18.3 Å². The minimum atomic E-state index is -3.87. The number of rotatable bonds is 10. The SMILES string of the molecule is CCNC(=O)[C@@H](C)N(Cc1c(Cl)cccc1Cl)C(=O)CN(c1ccccc1OC)S(C)(=O)=O. The maximum Gasteiger partial charge on any atom is 0.244 e. The molecule has 33 heavy (non-hydrogen) atoms. The summed E-state index contributed by atoms with van der Waals surface area (Å²) in [6.45, 7) is 3.05. The van der Waals surface area contributed by atoms with E-state index in [4.69, 9.17) is 27.9 Å². The molecule has 0 aromatic heterocycles. The molecule has 0 aliphatic rings. The largest absolute Gasteiger partial charge is 0.495 e. The molecule has 0 spiro atoms. The lowest BCUT2D eigenvalue weighted by atomic mass is 10.1. The summed E-state index contributed by atoms with van der Waals surface area (Å²) in [5.74, 6) is -0.716. The van der Waals surface area contributed by atoms with Crippen molar-refractivity contribution in [2.45, 2.75) is 26.4 Å². The lowest BCUT2D eigenvalue weighted by Gasteiger charge is -2.32. The minimum absolute atomic E-state index is 0.0842. The highest BCUT2D eigenvalue weighted by Gasteiger charge is 2.31. The Kier molecular flexibility index (Phi) is 9.39. The highest BCUT2D eigenvalue weighted by molar-refractivity contribution is 7.92. The Hall–Kier alpha value is -2.49. The quantitative estimate of drug-likeness (QED) is 0.523. The number of hydrogen-bond donors (Lipinski definition) is 1. The number of carbonyl (C=O) groups is 2. The molecule has 0 unspecified atom stereocenters. The first-order valence-corrected chi connectivity index (χ1v) is 12.7. The fourth-order valence-electron chi connectivity index (χ4n) is 3.19. The van der Waals surface area contributed by atoms with Crippen LogP contribution in [0.2, 0.25) is 10.0 Å². The van der Waals surface area contributed by atoms with Gasteiger partial charge in [0.2, 0.25) is 21.8 Å². The van der Waals surface area contributed by atoms with Gasteiger partial charge in [0.15, 0.2) is 0 Å². The van der Waals surface area contributed by atoms with E-state index in [1.165, 1.54) is 18.1 Å². The van der Waals surface area contributed by atoms with E-state index < -0.39 is 34.4 Å². The van der Waals surface area contributed by atoms with Crippen LogP contribution >= 0.6 is 23.2 Å². The average Bonchev–Trinajstić information content (AvgIpc) is 2.76. The maximum absolute atomic E-state index is 13.5. The molecule has 2 aromatic carbocycles. The number of carbonyl (C=O) groups excluding carboxylic acids is 2. The smallest absolute Gasteiger partial charge is 0.244 e. The highest BCUT2D eigenvalue weighted by Crippen LogP contribution is 2.30. The third-order valence-electron chi connectivity index (χ3n) is 4.94. The van der Waals surface area contributed by atoms with Crippen molar-refractivity contribution in [2.75, 3.05) is 30.8 Å². The van der Waals surface area contributed by atoms with Crippen molar-refractivity contribution in [3.63, 3.8) is 0 Å².